The molecule has 1 unspecified atom stereocenters. The first-order valence-electron chi connectivity index (χ1n) is 8.57. The van der Waals surface area contributed by atoms with Crippen molar-refractivity contribution in [1.29, 1.82) is 0 Å². The van der Waals surface area contributed by atoms with E-state index in [0.29, 0.717) is 25.5 Å². The molecule has 1 aromatic carbocycles. The second kappa shape index (κ2) is 7.29. The Morgan fingerprint density at radius 1 is 1.24 bits per heavy atom. The maximum Gasteiger partial charge on any atom is 0.294 e. The molecule has 2 aromatic heterocycles. The maximum absolute atomic E-state index is 13.4. The number of ketones is 1. The Morgan fingerprint density at radius 2 is 2.00 bits per heavy atom. The molecule has 1 amide bonds. The van der Waals surface area contributed by atoms with Gasteiger partial charge in [-0.3, -0.25) is 14.5 Å². The largest absolute Gasteiger partial charge is 0.506 e. The number of rotatable bonds is 4. The molecule has 3 heterocycles. The standard InChI is InChI=1S/C20H15ClN2O4S2/c1-9-19(29-10(2)22-9)17(25)15-16(14-4-3-7-28-14)23(20(27)18(15)26)12-8-11(21)5-6-13(12)24/h3-8,16,24,26H,1-2H3. The Labute approximate surface area is 179 Å². The van der Waals surface area contributed by atoms with Crippen LogP contribution in [0.15, 0.2) is 47.0 Å². The first-order chi connectivity index (χ1) is 13.8. The minimum absolute atomic E-state index is 0.0384. The topological polar surface area (TPSA) is 90.7 Å². The number of hydrogen-bond acceptors (Lipinski definition) is 7. The van der Waals surface area contributed by atoms with Crippen LogP contribution in [0.2, 0.25) is 5.02 Å². The Kier molecular flexibility index (Phi) is 4.94. The molecule has 0 bridgehead atoms. The lowest BCUT2D eigenvalue weighted by Gasteiger charge is -2.26. The van der Waals surface area contributed by atoms with Crippen molar-refractivity contribution in [3.8, 4) is 5.75 Å². The van der Waals surface area contributed by atoms with E-state index in [0.717, 1.165) is 0 Å². The number of hydrogen-bond donors (Lipinski definition) is 2. The second-order valence-electron chi connectivity index (χ2n) is 6.46. The van der Waals surface area contributed by atoms with Gasteiger partial charge >= 0.3 is 0 Å². The highest BCUT2D eigenvalue weighted by molar-refractivity contribution is 7.14. The molecule has 148 valence electrons. The van der Waals surface area contributed by atoms with Crippen molar-refractivity contribution in [1.82, 2.24) is 4.98 Å². The number of benzene rings is 1. The normalized spacial score (nSPS) is 16.7. The van der Waals surface area contributed by atoms with E-state index in [-0.39, 0.29) is 17.0 Å². The third kappa shape index (κ3) is 3.23. The summed E-state index contributed by atoms with van der Waals surface area (Å²) in [5, 5.41) is 23.9. The SMILES string of the molecule is Cc1nc(C)c(C(=O)C2=C(O)C(=O)N(c3cc(Cl)ccc3O)C2c2cccs2)s1. The molecule has 1 aliphatic rings. The van der Waals surface area contributed by atoms with Crippen LogP contribution < -0.4 is 4.90 Å². The Bertz CT molecular complexity index is 1170. The highest BCUT2D eigenvalue weighted by Gasteiger charge is 2.46. The molecule has 6 nitrogen and oxygen atoms in total. The smallest absolute Gasteiger partial charge is 0.294 e. The van der Waals surface area contributed by atoms with Gasteiger partial charge in [0.2, 0.25) is 5.78 Å². The molecule has 9 heteroatoms. The number of thiazole rings is 1. The van der Waals surface area contributed by atoms with Crippen molar-refractivity contribution in [2.24, 2.45) is 0 Å². The van der Waals surface area contributed by atoms with Gasteiger partial charge in [-0.15, -0.1) is 22.7 Å². The fraction of sp³-hybridized carbons (Fsp3) is 0.150. The third-order valence-corrected chi connectivity index (χ3v) is 6.80. The van der Waals surface area contributed by atoms with E-state index in [1.54, 1.807) is 26.0 Å². The monoisotopic (exact) mass is 446 g/mol. The molecule has 0 radical (unpaired) electrons. The molecule has 1 aliphatic heterocycles. The molecular weight excluding hydrogens is 432 g/mol. The zero-order chi connectivity index (χ0) is 20.9. The number of phenolic OH excluding ortho intramolecular Hbond substituents is 1. The summed E-state index contributed by atoms with van der Waals surface area (Å²) < 4.78 is 0. The number of halogens is 1. The molecule has 0 fully saturated rings. The fourth-order valence-electron chi connectivity index (χ4n) is 3.36. The third-order valence-electron chi connectivity index (χ3n) is 4.57. The predicted octanol–water partition coefficient (Wildman–Crippen LogP) is 4.96. The van der Waals surface area contributed by atoms with Gasteiger partial charge in [0.15, 0.2) is 5.76 Å². The number of phenols is 1. The number of amides is 1. The molecular formula is C20H15ClN2O4S2. The summed E-state index contributed by atoms with van der Waals surface area (Å²) in [6.45, 7) is 3.50. The van der Waals surface area contributed by atoms with Crippen LogP contribution in [-0.4, -0.2) is 26.9 Å². The number of aliphatic hydroxyl groups is 1. The van der Waals surface area contributed by atoms with Gasteiger partial charge in [-0.1, -0.05) is 17.7 Å². The molecule has 29 heavy (non-hydrogen) atoms. The van der Waals surface area contributed by atoms with Crippen molar-refractivity contribution < 1.29 is 19.8 Å². The number of anilines is 1. The number of carbonyl (C=O) groups is 2. The zero-order valence-electron chi connectivity index (χ0n) is 15.3. The molecule has 3 aromatic rings. The molecule has 2 N–H and O–H groups in total. The lowest BCUT2D eigenvalue weighted by atomic mass is 10.00. The van der Waals surface area contributed by atoms with E-state index in [1.807, 2.05) is 5.38 Å². The zero-order valence-corrected chi connectivity index (χ0v) is 17.7. The number of aromatic nitrogens is 1. The fourth-order valence-corrected chi connectivity index (χ4v) is 5.22. The Balaban J connectivity index is 1.90. The summed E-state index contributed by atoms with van der Waals surface area (Å²) in [7, 11) is 0. The second-order valence-corrected chi connectivity index (χ2v) is 9.08. The summed E-state index contributed by atoms with van der Waals surface area (Å²) in [5.74, 6) is -2.06. The average Bonchev–Trinajstić information content (AvgIpc) is 3.37. The van der Waals surface area contributed by atoms with E-state index in [4.69, 9.17) is 11.6 Å². The van der Waals surface area contributed by atoms with Crippen LogP contribution in [-0.2, 0) is 4.79 Å². The van der Waals surface area contributed by atoms with Gasteiger partial charge in [-0.25, -0.2) is 4.98 Å². The van der Waals surface area contributed by atoms with Gasteiger partial charge in [0.1, 0.15) is 11.8 Å². The van der Waals surface area contributed by atoms with Crippen LogP contribution in [0, 0.1) is 13.8 Å². The van der Waals surface area contributed by atoms with Crippen LogP contribution in [0.5, 0.6) is 5.75 Å². The Hall–Kier alpha value is -2.68. The summed E-state index contributed by atoms with van der Waals surface area (Å²) in [4.78, 5) is 32.9. The number of Topliss-reactive ketones (excluding diaryl/α,β-unsaturated/α-hetero) is 1. The van der Waals surface area contributed by atoms with Crippen molar-refractivity contribution in [2.75, 3.05) is 4.90 Å². The van der Waals surface area contributed by atoms with E-state index in [2.05, 4.69) is 4.98 Å². The maximum atomic E-state index is 13.4. The van der Waals surface area contributed by atoms with Gasteiger partial charge in [0.05, 0.1) is 26.8 Å². The minimum Gasteiger partial charge on any atom is -0.506 e. The van der Waals surface area contributed by atoms with Crippen molar-refractivity contribution in [2.45, 2.75) is 19.9 Å². The quantitative estimate of drug-likeness (QED) is 0.552. The minimum atomic E-state index is -0.888. The van der Waals surface area contributed by atoms with Gasteiger partial charge in [0.25, 0.3) is 5.91 Å². The van der Waals surface area contributed by atoms with E-state index >= 15 is 0 Å². The van der Waals surface area contributed by atoms with E-state index < -0.39 is 23.5 Å². The number of aromatic hydroxyl groups is 1. The average molecular weight is 447 g/mol. The van der Waals surface area contributed by atoms with Crippen LogP contribution in [0.25, 0.3) is 0 Å². The number of nitrogens with zero attached hydrogens (tertiary/aromatic N) is 2. The van der Waals surface area contributed by atoms with E-state index in [9.17, 15) is 19.8 Å². The summed E-state index contributed by atoms with van der Waals surface area (Å²) in [6.07, 6.45) is 0. The number of aryl methyl sites for hydroxylation is 2. The number of aliphatic hydroxyl groups excluding tert-OH is 1. The Morgan fingerprint density at radius 3 is 2.62 bits per heavy atom. The van der Waals surface area contributed by atoms with Gasteiger partial charge in [-0.05, 0) is 43.5 Å². The van der Waals surface area contributed by atoms with Crippen molar-refractivity contribution in [3.05, 3.63) is 72.5 Å². The van der Waals surface area contributed by atoms with Crippen LogP contribution in [0.4, 0.5) is 5.69 Å². The molecule has 4 rings (SSSR count). The summed E-state index contributed by atoms with van der Waals surface area (Å²) in [5.41, 5.74) is 0.621. The van der Waals surface area contributed by atoms with Gasteiger partial charge in [-0.2, -0.15) is 0 Å². The van der Waals surface area contributed by atoms with Crippen molar-refractivity contribution >= 4 is 51.7 Å². The van der Waals surface area contributed by atoms with Crippen LogP contribution >= 0.6 is 34.3 Å². The highest BCUT2D eigenvalue weighted by atomic mass is 35.5. The van der Waals surface area contributed by atoms with Crippen LogP contribution in [0.1, 0.15) is 31.3 Å². The van der Waals surface area contributed by atoms with E-state index in [1.165, 1.54) is 45.8 Å². The highest BCUT2D eigenvalue weighted by Crippen LogP contribution is 2.46. The summed E-state index contributed by atoms with van der Waals surface area (Å²) >= 11 is 8.63. The molecule has 0 spiro atoms. The van der Waals surface area contributed by atoms with Crippen molar-refractivity contribution in [3.63, 3.8) is 0 Å². The number of thiophene rings is 1. The molecule has 0 saturated carbocycles. The predicted molar refractivity (Wildman–Crippen MR) is 113 cm³/mol. The van der Waals surface area contributed by atoms with Gasteiger partial charge < -0.3 is 10.2 Å². The lowest BCUT2D eigenvalue weighted by molar-refractivity contribution is -0.117. The lowest BCUT2D eigenvalue weighted by Crippen LogP contribution is -2.30. The molecule has 0 aliphatic carbocycles. The first kappa shape index (κ1) is 19.6. The summed E-state index contributed by atoms with van der Waals surface area (Å²) in [6, 6.07) is 6.96. The molecule has 1 atom stereocenters. The molecule has 0 saturated heterocycles. The first-order valence-corrected chi connectivity index (χ1v) is 10.6. The van der Waals surface area contributed by atoms with Gasteiger partial charge in [0, 0.05) is 9.90 Å². The van der Waals surface area contributed by atoms with Crippen LogP contribution in [0.3, 0.4) is 0 Å². The number of carbonyl (C=O) groups excluding carboxylic acids is 2.